The molecule has 1 aromatic carbocycles. The lowest BCUT2D eigenvalue weighted by molar-refractivity contribution is 0.101. The van der Waals surface area contributed by atoms with Crippen LogP contribution >= 0.6 is 0 Å². The summed E-state index contributed by atoms with van der Waals surface area (Å²) in [5, 5.41) is 10.8. The molecule has 1 aliphatic carbocycles. The Morgan fingerprint density at radius 3 is 2.86 bits per heavy atom. The number of hydrogen-bond acceptors (Lipinski definition) is 3. The third-order valence-corrected chi connectivity index (χ3v) is 5.05. The SMILES string of the molecule is OC1c2cnccc2CC1C1c2ccccc2-c2cncn21. The molecule has 4 heteroatoms. The molecule has 2 aliphatic rings. The fourth-order valence-electron chi connectivity index (χ4n) is 4.08. The van der Waals surface area contributed by atoms with E-state index in [9.17, 15) is 5.11 Å². The van der Waals surface area contributed by atoms with Crippen LogP contribution in [0.1, 0.15) is 28.8 Å². The average molecular weight is 289 g/mol. The smallest absolute Gasteiger partial charge is 0.0956 e. The van der Waals surface area contributed by atoms with Gasteiger partial charge >= 0.3 is 0 Å². The average Bonchev–Trinajstić information content (AvgIpc) is 3.21. The van der Waals surface area contributed by atoms with Gasteiger partial charge in [0.25, 0.3) is 0 Å². The highest BCUT2D eigenvalue weighted by Crippen LogP contribution is 2.50. The number of benzene rings is 1. The lowest BCUT2D eigenvalue weighted by Gasteiger charge is -2.25. The van der Waals surface area contributed by atoms with Gasteiger partial charge in [0.2, 0.25) is 0 Å². The molecule has 3 aromatic rings. The van der Waals surface area contributed by atoms with Crippen molar-refractivity contribution in [2.75, 3.05) is 0 Å². The maximum absolute atomic E-state index is 10.8. The Hall–Kier alpha value is -2.46. The van der Waals surface area contributed by atoms with Crippen molar-refractivity contribution in [2.45, 2.75) is 18.6 Å². The van der Waals surface area contributed by atoms with Gasteiger partial charge in [-0.05, 0) is 23.6 Å². The molecule has 1 aliphatic heterocycles. The molecule has 0 saturated carbocycles. The standard InChI is InChI=1S/C18H15N3O/c22-18-14(7-11-5-6-19-8-15(11)18)17-13-4-2-1-3-12(13)16-9-20-10-21(16)17/h1-6,8-10,14,17-18,22H,7H2. The van der Waals surface area contributed by atoms with E-state index in [1.54, 1.807) is 12.4 Å². The van der Waals surface area contributed by atoms with Gasteiger partial charge in [-0.15, -0.1) is 0 Å². The van der Waals surface area contributed by atoms with E-state index in [1.807, 2.05) is 18.6 Å². The Kier molecular flexibility index (Phi) is 2.35. The van der Waals surface area contributed by atoms with Crippen molar-refractivity contribution in [3.63, 3.8) is 0 Å². The quantitative estimate of drug-likeness (QED) is 0.749. The Labute approximate surface area is 128 Å². The van der Waals surface area contributed by atoms with E-state index in [-0.39, 0.29) is 12.0 Å². The number of aliphatic hydroxyl groups is 1. The number of imidazole rings is 1. The number of pyridine rings is 1. The van der Waals surface area contributed by atoms with Crippen LogP contribution in [0.2, 0.25) is 0 Å². The molecule has 0 fully saturated rings. The number of fused-ring (bicyclic) bond motifs is 4. The van der Waals surface area contributed by atoms with Crippen molar-refractivity contribution in [2.24, 2.45) is 5.92 Å². The molecule has 0 saturated heterocycles. The molecule has 108 valence electrons. The molecular weight excluding hydrogens is 274 g/mol. The van der Waals surface area contributed by atoms with Crippen LogP contribution in [-0.4, -0.2) is 19.6 Å². The van der Waals surface area contributed by atoms with Crippen LogP contribution in [-0.2, 0) is 6.42 Å². The molecule has 22 heavy (non-hydrogen) atoms. The molecule has 3 heterocycles. The van der Waals surface area contributed by atoms with E-state index in [2.05, 4.69) is 38.8 Å². The van der Waals surface area contributed by atoms with Gasteiger partial charge in [-0.1, -0.05) is 24.3 Å². The maximum atomic E-state index is 10.8. The van der Waals surface area contributed by atoms with Crippen molar-refractivity contribution in [3.05, 3.63) is 71.9 Å². The predicted octanol–water partition coefficient (Wildman–Crippen LogP) is 2.75. The molecule has 3 unspecified atom stereocenters. The van der Waals surface area contributed by atoms with Crippen molar-refractivity contribution in [3.8, 4) is 11.3 Å². The molecule has 0 radical (unpaired) electrons. The van der Waals surface area contributed by atoms with Gasteiger partial charge in [-0.3, -0.25) is 4.98 Å². The predicted molar refractivity (Wildman–Crippen MR) is 82.2 cm³/mol. The summed E-state index contributed by atoms with van der Waals surface area (Å²) in [7, 11) is 0. The minimum atomic E-state index is -0.477. The molecule has 0 bridgehead atoms. The first-order chi connectivity index (χ1) is 10.8. The topological polar surface area (TPSA) is 50.9 Å². The largest absolute Gasteiger partial charge is 0.388 e. The van der Waals surface area contributed by atoms with Gasteiger partial charge < -0.3 is 9.67 Å². The second-order valence-corrected chi connectivity index (χ2v) is 6.11. The lowest BCUT2D eigenvalue weighted by atomic mass is 9.88. The molecule has 3 atom stereocenters. The zero-order chi connectivity index (χ0) is 14.7. The third kappa shape index (κ3) is 1.45. The van der Waals surface area contributed by atoms with E-state index >= 15 is 0 Å². The number of hydrogen-bond donors (Lipinski definition) is 1. The van der Waals surface area contributed by atoms with Crippen molar-refractivity contribution in [1.29, 1.82) is 0 Å². The van der Waals surface area contributed by atoms with Crippen molar-refractivity contribution >= 4 is 0 Å². The van der Waals surface area contributed by atoms with Gasteiger partial charge in [0, 0.05) is 29.4 Å². The molecule has 0 amide bonds. The molecule has 5 rings (SSSR count). The van der Waals surface area contributed by atoms with Crippen LogP contribution in [0, 0.1) is 5.92 Å². The highest BCUT2D eigenvalue weighted by molar-refractivity contribution is 5.69. The first kappa shape index (κ1) is 12.1. The summed E-state index contributed by atoms with van der Waals surface area (Å²) >= 11 is 0. The van der Waals surface area contributed by atoms with E-state index in [4.69, 9.17) is 0 Å². The highest BCUT2D eigenvalue weighted by Gasteiger charge is 2.42. The lowest BCUT2D eigenvalue weighted by Crippen LogP contribution is -2.21. The minimum Gasteiger partial charge on any atom is -0.388 e. The fourth-order valence-corrected chi connectivity index (χ4v) is 4.08. The van der Waals surface area contributed by atoms with Crippen LogP contribution in [0.3, 0.4) is 0 Å². The minimum absolute atomic E-state index is 0.121. The highest BCUT2D eigenvalue weighted by atomic mass is 16.3. The van der Waals surface area contributed by atoms with Gasteiger partial charge in [0.05, 0.1) is 30.4 Å². The first-order valence-corrected chi connectivity index (χ1v) is 7.56. The molecule has 2 aromatic heterocycles. The van der Waals surface area contributed by atoms with Crippen LogP contribution < -0.4 is 0 Å². The number of aliphatic hydroxyl groups excluding tert-OH is 1. The normalized spacial score (nSPS) is 24.9. The number of rotatable bonds is 1. The summed E-state index contributed by atoms with van der Waals surface area (Å²) < 4.78 is 2.21. The summed E-state index contributed by atoms with van der Waals surface area (Å²) in [6.07, 6.45) is 7.79. The Morgan fingerprint density at radius 2 is 1.95 bits per heavy atom. The summed E-state index contributed by atoms with van der Waals surface area (Å²) in [6.45, 7) is 0. The zero-order valence-corrected chi connectivity index (χ0v) is 11.9. The second-order valence-electron chi connectivity index (χ2n) is 6.11. The van der Waals surface area contributed by atoms with Crippen LogP contribution in [0.25, 0.3) is 11.3 Å². The van der Waals surface area contributed by atoms with Crippen LogP contribution in [0.4, 0.5) is 0 Å². The van der Waals surface area contributed by atoms with Crippen LogP contribution in [0.5, 0.6) is 0 Å². The summed E-state index contributed by atoms with van der Waals surface area (Å²) in [5.74, 6) is 0.121. The Bertz CT molecular complexity index is 870. The maximum Gasteiger partial charge on any atom is 0.0956 e. The van der Waals surface area contributed by atoms with Crippen molar-refractivity contribution < 1.29 is 5.11 Å². The summed E-state index contributed by atoms with van der Waals surface area (Å²) in [4.78, 5) is 8.47. The third-order valence-electron chi connectivity index (χ3n) is 5.05. The number of nitrogens with zero attached hydrogens (tertiary/aromatic N) is 3. The first-order valence-electron chi connectivity index (χ1n) is 7.56. The monoisotopic (exact) mass is 289 g/mol. The number of aromatic nitrogens is 3. The summed E-state index contributed by atoms with van der Waals surface area (Å²) in [6, 6.07) is 10.6. The van der Waals surface area contributed by atoms with Crippen molar-refractivity contribution in [1.82, 2.24) is 14.5 Å². The van der Waals surface area contributed by atoms with E-state index in [0.29, 0.717) is 0 Å². The van der Waals surface area contributed by atoms with Gasteiger partial charge in [-0.25, -0.2) is 4.98 Å². The van der Waals surface area contributed by atoms with Crippen LogP contribution in [0.15, 0.2) is 55.2 Å². The summed E-state index contributed by atoms with van der Waals surface area (Å²) in [5.41, 5.74) is 5.83. The second kappa shape index (κ2) is 4.27. The van der Waals surface area contributed by atoms with E-state index < -0.39 is 6.10 Å². The molecule has 1 N–H and O–H groups in total. The van der Waals surface area contributed by atoms with E-state index in [1.165, 1.54) is 16.7 Å². The van der Waals surface area contributed by atoms with Gasteiger partial charge in [0.15, 0.2) is 0 Å². The van der Waals surface area contributed by atoms with Gasteiger partial charge in [0.1, 0.15) is 0 Å². The zero-order valence-electron chi connectivity index (χ0n) is 11.9. The van der Waals surface area contributed by atoms with E-state index in [0.717, 1.165) is 17.7 Å². The Balaban J connectivity index is 1.66. The fraction of sp³-hybridized carbons (Fsp3) is 0.222. The molecule has 0 spiro atoms. The molecule has 4 nitrogen and oxygen atoms in total. The van der Waals surface area contributed by atoms with Gasteiger partial charge in [-0.2, -0.15) is 0 Å². The Morgan fingerprint density at radius 1 is 1.05 bits per heavy atom. The molecular formula is C18H15N3O.